The fraction of sp³-hybridized carbons (Fsp3) is 0.750. The number of hydrogen-bond acceptors (Lipinski definition) is 7. The maximum Gasteiger partial charge on any atom is 0.317 e. The lowest BCUT2D eigenvalue weighted by Gasteiger charge is -2.36. The summed E-state index contributed by atoms with van der Waals surface area (Å²) in [5, 5.41) is 27.4. The normalized spacial score (nSPS) is 21.5. The van der Waals surface area contributed by atoms with E-state index < -0.39 is 23.9 Å². The monoisotopic (exact) mass is 403 g/mol. The highest BCUT2D eigenvalue weighted by Crippen LogP contribution is 2.06. The average Bonchev–Trinajstić information content (AvgIpc) is 2.55. The van der Waals surface area contributed by atoms with E-state index >= 15 is 0 Å². The van der Waals surface area contributed by atoms with Crippen molar-refractivity contribution in [1.82, 2.24) is 19.6 Å². The molecule has 1 aliphatic rings. The third-order valence-corrected chi connectivity index (χ3v) is 4.59. The minimum atomic E-state index is -1.03. The number of carbonyl (C=O) groups excluding carboxylic acids is 1. The van der Waals surface area contributed by atoms with Crippen molar-refractivity contribution < 1.29 is 34.5 Å². The lowest BCUT2D eigenvalue weighted by molar-refractivity contribution is -0.141. The van der Waals surface area contributed by atoms with Gasteiger partial charge in [0.1, 0.15) is 0 Å². The van der Waals surface area contributed by atoms with Crippen LogP contribution in [0.15, 0.2) is 0 Å². The van der Waals surface area contributed by atoms with E-state index in [0.29, 0.717) is 6.54 Å². The number of nitrogens with zero attached hydrogens (tertiary/aromatic N) is 4. The Hall–Kier alpha value is -2.44. The fourth-order valence-electron chi connectivity index (χ4n) is 3.13. The predicted molar refractivity (Wildman–Crippen MR) is 98.0 cm³/mol. The number of aliphatic carboxylic acids is 3. The zero-order valence-electron chi connectivity index (χ0n) is 16.0. The summed E-state index contributed by atoms with van der Waals surface area (Å²) in [6.07, 6.45) is 0. The van der Waals surface area contributed by atoms with Gasteiger partial charge in [-0.25, -0.2) is 4.79 Å². The van der Waals surface area contributed by atoms with Crippen molar-refractivity contribution in [3.05, 3.63) is 0 Å². The van der Waals surface area contributed by atoms with Crippen LogP contribution in [0, 0.1) is 0 Å². The molecule has 0 spiro atoms. The van der Waals surface area contributed by atoms with E-state index in [-0.39, 0.29) is 64.9 Å². The first-order chi connectivity index (χ1) is 13.1. The first-order valence-electron chi connectivity index (χ1n) is 8.97. The van der Waals surface area contributed by atoms with Gasteiger partial charge in [-0.2, -0.15) is 0 Å². The first-order valence-corrected chi connectivity index (χ1v) is 8.97. The number of amides is 2. The van der Waals surface area contributed by atoms with E-state index in [2.05, 4.69) is 0 Å². The molecular formula is C16H29N5O7. The zero-order chi connectivity index (χ0) is 21.3. The highest BCUT2D eigenvalue weighted by atomic mass is 16.4. The molecule has 0 saturated carbocycles. The molecule has 0 aromatic carbocycles. The van der Waals surface area contributed by atoms with Gasteiger partial charge in [0, 0.05) is 51.9 Å². The molecule has 2 amide bonds. The van der Waals surface area contributed by atoms with Gasteiger partial charge in [0.2, 0.25) is 0 Å². The summed E-state index contributed by atoms with van der Waals surface area (Å²) in [5.74, 6) is -3.07. The van der Waals surface area contributed by atoms with Crippen molar-refractivity contribution in [1.29, 1.82) is 0 Å². The Bertz CT molecular complexity index is 574. The molecule has 0 aliphatic carbocycles. The molecule has 1 fully saturated rings. The van der Waals surface area contributed by atoms with Crippen molar-refractivity contribution in [2.24, 2.45) is 5.73 Å². The molecule has 28 heavy (non-hydrogen) atoms. The summed E-state index contributed by atoms with van der Waals surface area (Å²) < 4.78 is 0. The molecular weight excluding hydrogens is 374 g/mol. The number of urea groups is 1. The van der Waals surface area contributed by atoms with Gasteiger partial charge in [-0.1, -0.05) is 0 Å². The van der Waals surface area contributed by atoms with Crippen LogP contribution in [-0.2, 0) is 14.4 Å². The van der Waals surface area contributed by atoms with Gasteiger partial charge in [-0.15, -0.1) is 0 Å². The summed E-state index contributed by atoms with van der Waals surface area (Å²) in [5.41, 5.74) is 5.40. The average molecular weight is 403 g/mol. The third-order valence-electron chi connectivity index (χ3n) is 4.59. The molecule has 1 atom stereocenters. The molecule has 0 aromatic rings. The SMILES string of the molecule is CC1CN(CC(=O)O)CCN(CC(=O)O)CCN(C(N)=O)CCN1CC(=O)O. The second-order valence-electron chi connectivity index (χ2n) is 6.84. The topological polar surface area (TPSA) is 168 Å². The third kappa shape index (κ3) is 8.97. The van der Waals surface area contributed by atoms with Gasteiger partial charge in [0.15, 0.2) is 0 Å². The van der Waals surface area contributed by atoms with Crippen LogP contribution in [0.3, 0.4) is 0 Å². The number of hydrogen-bond donors (Lipinski definition) is 4. The van der Waals surface area contributed by atoms with Crippen molar-refractivity contribution in [2.75, 3.05) is 65.4 Å². The fourth-order valence-corrected chi connectivity index (χ4v) is 3.13. The quantitative estimate of drug-likeness (QED) is 0.386. The van der Waals surface area contributed by atoms with Crippen LogP contribution < -0.4 is 5.73 Å². The number of carboxylic acid groups (broad SMARTS) is 3. The molecule has 1 aliphatic heterocycles. The predicted octanol–water partition coefficient (Wildman–Crippen LogP) is -2.07. The Labute approximate surface area is 163 Å². The summed E-state index contributed by atoms with van der Waals surface area (Å²) >= 11 is 0. The lowest BCUT2D eigenvalue weighted by atomic mass is 10.2. The second-order valence-corrected chi connectivity index (χ2v) is 6.84. The Morgan fingerprint density at radius 3 is 1.79 bits per heavy atom. The van der Waals surface area contributed by atoms with Crippen LogP contribution in [-0.4, -0.2) is 130 Å². The van der Waals surface area contributed by atoms with E-state index in [0.717, 1.165) is 0 Å². The van der Waals surface area contributed by atoms with Crippen LogP contribution >= 0.6 is 0 Å². The maximum absolute atomic E-state index is 11.7. The second kappa shape index (κ2) is 11.4. The van der Waals surface area contributed by atoms with E-state index in [4.69, 9.17) is 21.1 Å². The molecule has 12 nitrogen and oxygen atoms in total. The van der Waals surface area contributed by atoms with Gasteiger partial charge in [-0.05, 0) is 6.92 Å². The maximum atomic E-state index is 11.7. The number of nitrogens with two attached hydrogens (primary N) is 1. The molecule has 1 unspecified atom stereocenters. The van der Waals surface area contributed by atoms with Crippen molar-refractivity contribution in [3.63, 3.8) is 0 Å². The van der Waals surface area contributed by atoms with E-state index in [1.54, 1.807) is 21.6 Å². The smallest absolute Gasteiger partial charge is 0.317 e. The number of carbonyl (C=O) groups is 4. The zero-order valence-corrected chi connectivity index (χ0v) is 16.0. The molecule has 0 radical (unpaired) electrons. The van der Waals surface area contributed by atoms with Crippen LogP contribution in [0.4, 0.5) is 4.79 Å². The van der Waals surface area contributed by atoms with Gasteiger partial charge in [0.05, 0.1) is 19.6 Å². The number of primary amides is 1. The van der Waals surface area contributed by atoms with E-state index in [1.165, 1.54) is 4.90 Å². The van der Waals surface area contributed by atoms with Crippen molar-refractivity contribution in [3.8, 4) is 0 Å². The molecule has 1 heterocycles. The summed E-state index contributed by atoms with van der Waals surface area (Å²) in [4.78, 5) is 51.4. The minimum Gasteiger partial charge on any atom is -0.480 e. The number of carboxylic acids is 3. The van der Waals surface area contributed by atoms with Crippen molar-refractivity contribution in [2.45, 2.75) is 13.0 Å². The first kappa shape index (κ1) is 23.6. The van der Waals surface area contributed by atoms with E-state index in [9.17, 15) is 19.2 Å². The molecule has 5 N–H and O–H groups in total. The largest absolute Gasteiger partial charge is 0.480 e. The van der Waals surface area contributed by atoms with Crippen LogP contribution in [0.2, 0.25) is 0 Å². The van der Waals surface area contributed by atoms with Gasteiger partial charge < -0.3 is 26.0 Å². The lowest BCUT2D eigenvalue weighted by Crippen LogP contribution is -2.52. The molecule has 1 saturated heterocycles. The summed E-state index contributed by atoms with van der Waals surface area (Å²) in [6, 6.07) is -0.958. The van der Waals surface area contributed by atoms with Crippen LogP contribution in [0.1, 0.15) is 6.92 Å². The Morgan fingerprint density at radius 2 is 1.25 bits per heavy atom. The van der Waals surface area contributed by atoms with Crippen molar-refractivity contribution >= 4 is 23.9 Å². The molecule has 12 heteroatoms. The molecule has 160 valence electrons. The Kier molecular flexibility index (Phi) is 9.62. The summed E-state index contributed by atoms with van der Waals surface area (Å²) in [7, 11) is 0. The van der Waals surface area contributed by atoms with Gasteiger partial charge in [0.25, 0.3) is 0 Å². The molecule has 0 aromatic heterocycles. The minimum absolute atomic E-state index is 0.187. The van der Waals surface area contributed by atoms with Gasteiger partial charge >= 0.3 is 23.9 Å². The van der Waals surface area contributed by atoms with Crippen LogP contribution in [0.25, 0.3) is 0 Å². The highest BCUT2D eigenvalue weighted by Gasteiger charge is 2.24. The summed E-state index contributed by atoms with van der Waals surface area (Å²) in [6.45, 7) is 2.81. The molecule has 0 bridgehead atoms. The van der Waals surface area contributed by atoms with E-state index in [1.807, 2.05) is 0 Å². The van der Waals surface area contributed by atoms with Gasteiger partial charge in [-0.3, -0.25) is 29.1 Å². The van der Waals surface area contributed by atoms with Crippen LogP contribution in [0.5, 0.6) is 0 Å². The Morgan fingerprint density at radius 1 is 0.786 bits per heavy atom. The number of rotatable bonds is 6. The highest BCUT2D eigenvalue weighted by molar-refractivity contribution is 5.72. The standard InChI is InChI=1S/C16H29N5O7/c1-12-8-19(10-14(24)25)3-2-18(9-13(22)23)4-5-20(16(17)28)6-7-21(12)11-15(26)27/h12H,2-11H2,1H3,(H2,17,28)(H,22,23)(H,24,25)(H,26,27). The molecule has 1 rings (SSSR count). The Balaban J connectivity index is 3.01.